The third-order valence-electron chi connectivity index (χ3n) is 9.18. The molecule has 0 radical (unpaired) electrons. The Morgan fingerprint density at radius 2 is 1.78 bits per heavy atom. The number of pyridine rings is 1. The Morgan fingerprint density at radius 1 is 0.978 bits per heavy atom. The van der Waals surface area contributed by atoms with E-state index in [-0.39, 0.29) is 0 Å². The van der Waals surface area contributed by atoms with Gasteiger partial charge < -0.3 is 10.2 Å². The maximum absolute atomic E-state index is 5.33. The lowest BCUT2D eigenvalue weighted by Gasteiger charge is -2.46. The minimum absolute atomic E-state index is 0.401. The Balaban J connectivity index is 1.12. The molecule has 3 aromatic heterocycles. The van der Waals surface area contributed by atoms with Gasteiger partial charge >= 0.3 is 0 Å². The van der Waals surface area contributed by atoms with E-state index in [0.29, 0.717) is 12.0 Å². The molecular formula is C37H38N8. The summed E-state index contributed by atoms with van der Waals surface area (Å²) in [6, 6.07) is 21.6. The monoisotopic (exact) mass is 594 g/mol. The molecule has 0 bridgehead atoms. The molecule has 2 fully saturated rings. The van der Waals surface area contributed by atoms with E-state index in [4.69, 9.17) is 9.97 Å². The highest BCUT2D eigenvalue weighted by Crippen LogP contribution is 2.42. The van der Waals surface area contributed by atoms with Gasteiger partial charge in [0.05, 0.1) is 11.2 Å². The van der Waals surface area contributed by atoms with E-state index in [0.717, 1.165) is 95.4 Å². The third kappa shape index (κ3) is 5.67. The molecular weight excluding hydrogens is 556 g/mol. The van der Waals surface area contributed by atoms with Gasteiger partial charge in [0.1, 0.15) is 22.9 Å². The molecule has 8 nitrogen and oxygen atoms in total. The standard InChI is InChI=1S/C37H38N8/c1-4-5-9-16-39-26(2)43-19-21-44(22-20-43)31-23-30(24-31)37-42-34(35-36(38-3)40-17-18-45(35)37)29-13-12-28-14-15-32(41-33(28)25-29)27-10-7-6-8-11-27/h6-18,25,30-31H,19-24H2,1-3H3,(H,38,40)/b16-9-,39-26?. The fraction of sp³-hybridized carbons (Fsp3) is 0.297. The van der Waals surface area contributed by atoms with Crippen LogP contribution in [0, 0.1) is 11.8 Å². The average molecular weight is 595 g/mol. The van der Waals surface area contributed by atoms with Crippen LogP contribution in [0.1, 0.15) is 38.4 Å². The molecule has 1 N–H and O–H groups in total. The Morgan fingerprint density at radius 3 is 2.56 bits per heavy atom. The topological polar surface area (TPSA) is 74.0 Å². The van der Waals surface area contributed by atoms with Crippen molar-refractivity contribution in [1.29, 1.82) is 0 Å². The van der Waals surface area contributed by atoms with Gasteiger partial charge in [-0.1, -0.05) is 54.5 Å². The molecule has 0 atom stereocenters. The minimum atomic E-state index is 0.401. The molecule has 0 spiro atoms. The summed E-state index contributed by atoms with van der Waals surface area (Å²) in [7, 11) is 1.92. The van der Waals surface area contributed by atoms with Crippen molar-refractivity contribution < 1.29 is 0 Å². The quantitative estimate of drug-likeness (QED) is 0.138. The zero-order valence-electron chi connectivity index (χ0n) is 26.1. The minimum Gasteiger partial charge on any atom is -0.371 e. The highest BCUT2D eigenvalue weighted by Gasteiger charge is 2.38. The number of nitrogens with zero attached hydrogens (tertiary/aromatic N) is 7. The van der Waals surface area contributed by atoms with Crippen LogP contribution in [-0.4, -0.2) is 74.3 Å². The third-order valence-corrected chi connectivity index (χ3v) is 9.18. The lowest BCUT2D eigenvalue weighted by molar-refractivity contribution is 0.0698. The normalized spacial score (nSPS) is 19.1. The first-order valence-electron chi connectivity index (χ1n) is 15.7. The second-order valence-corrected chi connectivity index (χ2v) is 11.8. The Kier molecular flexibility index (Phi) is 8.02. The number of benzene rings is 2. The highest BCUT2D eigenvalue weighted by atomic mass is 15.3. The Hall–Kier alpha value is -5.00. The number of amidine groups is 1. The van der Waals surface area contributed by atoms with Gasteiger partial charge in [0.15, 0.2) is 5.82 Å². The fourth-order valence-corrected chi connectivity index (χ4v) is 6.62. The molecule has 2 aromatic carbocycles. The van der Waals surface area contributed by atoms with E-state index in [2.05, 4.69) is 96.9 Å². The SMILES string of the molecule is CC#C/C=C\N=C(C)N1CCN(C2CC(c3nc(-c4ccc5ccc(-c6ccccc6)nc5c4)c4c(NC)nccn34)C2)CC1. The van der Waals surface area contributed by atoms with Crippen molar-refractivity contribution in [3.05, 3.63) is 91.2 Å². The average Bonchev–Trinajstić information content (AvgIpc) is 3.45. The van der Waals surface area contributed by atoms with E-state index in [1.807, 2.05) is 38.4 Å². The van der Waals surface area contributed by atoms with Gasteiger partial charge in [0, 0.05) is 86.4 Å². The van der Waals surface area contributed by atoms with Crippen LogP contribution in [0.3, 0.4) is 0 Å². The summed E-state index contributed by atoms with van der Waals surface area (Å²) in [5.41, 5.74) is 6.05. The number of fused-ring (bicyclic) bond motifs is 2. The number of rotatable bonds is 6. The molecule has 45 heavy (non-hydrogen) atoms. The smallest absolute Gasteiger partial charge is 0.152 e. The summed E-state index contributed by atoms with van der Waals surface area (Å²) < 4.78 is 2.25. The first kappa shape index (κ1) is 28.8. The van der Waals surface area contributed by atoms with E-state index < -0.39 is 0 Å². The van der Waals surface area contributed by atoms with Crippen molar-refractivity contribution in [3.8, 4) is 34.4 Å². The second kappa shape index (κ2) is 12.5. The number of hydrogen-bond acceptors (Lipinski definition) is 6. The predicted octanol–water partition coefficient (Wildman–Crippen LogP) is 6.47. The number of hydrogen-bond donors (Lipinski definition) is 1. The van der Waals surface area contributed by atoms with Crippen LogP contribution in [0.2, 0.25) is 0 Å². The van der Waals surface area contributed by atoms with E-state index in [1.165, 1.54) is 0 Å². The number of aromatic nitrogens is 4. The van der Waals surface area contributed by atoms with Gasteiger partial charge in [-0.3, -0.25) is 9.30 Å². The van der Waals surface area contributed by atoms with Crippen LogP contribution in [0.25, 0.3) is 38.9 Å². The predicted molar refractivity (Wildman–Crippen MR) is 183 cm³/mol. The number of anilines is 1. The Labute approximate surface area is 264 Å². The molecule has 1 aliphatic heterocycles. The molecule has 5 aromatic rings. The van der Waals surface area contributed by atoms with Crippen molar-refractivity contribution in [3.63, 3.8) is 0 Å². The molecule has 0 amide bonds. The summed E-state index contributed by atoms with van der Waals surface area (Å²) in [4.78, 5) is 24.6. The summed E-state index contributed by atoms with van der Waals surface area (Å²) in [6.07, 6.45) is 9.74. The van der Waals surface area contributed by atoms with Crippen molar-refractivity contribution >= 4 is 28.1 Å². The van der Waals surface area contributed by atoms with Crippen molar-refractivity contribution in [2.75, 3.05) is 38.5 Å². The highest BCUT2D eigenvalue weighted by molar-refractivity contribution is 5.92. The molecule has 7 rings (SSSR count). The summed E-state index contributed by atoms with van der Waals surface area (Å²) in [5.74, 6) is 9.19. The van der Waals surface area contributed by atoms with Crippen molar-refractivity contribution in [2.24, 2.45) is 4.99 Å². The summed E-state index contributed by atoms with van der Waals surface area (Å²) in [5, 5.41) is 4.42. The largest absolute Gasteiger partial charge is 0.371 e. The molecule has 2 aliphatic rings. The molecule has 8 heteroatoms. The number of nitrogens with one attached hydrogen (secondary N) is 1. The lowest BCUT2D eigenvalue weighted by atomic mass is 9.78. The van der Waals surface area contributed by atoms with Gasteiger partial charge in [0.2, 0.25) is 0 Å². The molecule has 1 saturated carbocycles. The maximum atomic E-state index is 5.33. The number of allylic oxidation sites excluding steroid dienone is 1. The van der Waals surface area contributed by atoms with Crippen molar-refractivity contribution in [1.82, 2.24) is 29.2 Å². The van der Waals surface area contributed by atoms with Crippen LogP contribution >= 0.6 is 0 Å². The first-order valence-corrected chi connectivity index (χ1v) is 15.7. The van der Waals surface area contributed by atoms with Crippen LogP contribution in [0.5, 0.6) is 0 Å². The molecule has 1 saturated heterocycles. The van der Waals surface area contributed by atoms with Gasteiger partial charge in [0.25, 0.3) is 0 Å². The Bertz CT molecular complexity index is 1950. The van der Waals surface area contributed by atoms with Gasteiger partial charge in [-0.25, -0.2) is 19.9 Å². The number of aliphatic imine (C=N–C) groups is 1. The number of imidazole rings is 1. The number of piperazine rings is 1. The van der Waals surface area contributed by atoms with Crippen LogP contribution in [0.15, 0.2) is 90.3 Å². The van der Waals surface area contributed by atoms with Gasteiger partial charge in [-0.15, -0.1) is 5.92 Å². The van der Waals surface area contributed by atoms with E-state index in [9.17, 15) is 0 Å². The zero-order chi connectivity index (χ0) is 30.8. The maximum Gasteiger partial charge on any atom is 0.152 e. The van der Waals surface area contributed by atoms with E-state index >= 15 is 0 Å². The van der Waals surface area contributed by atoms with Gasteiger partial charge in [-0.2, -0.15) is 0 Å². The van der Waals surface area contributed by atoms with Crippen LogP contribution < -0.4 is 5.32 Å². The summed E-state index contributed by atoms with van der Waals surface area (Å²) in [6.45, 7) is 8.03. The van der Waals surface area contributed by atoms with Crippen LogP contribution in [0.4, 0.5) is 5.82 Å². The van der Waals surface area contributed by atoms with E-state index in [1.54, 1.807) is 12.3 Å². The molecule has 1 aliphatic carbocycles. The molecule has 226 valence electrons. The fourth-order valence-electron chi connectivity index (χ4n) is 6.62. The second-order valence-electron chi connectivity index (χ2n) is 11.8. The van der Waals surface area contributed by atoms with Crippen LogP contribution in [-0.2, 0) is 0 Å². The zero-order valence-corrected chi connectivity index (χ0v) is 26.1. The van der Waals surface area contributed by atoms with Gasteiger partial charge in [-0.05, 0) is 38.8 Å². The lowest BCUT2D eigenvalue weighted by Crippen LogP contribution is -2.54. The summed E-state index contributed by atoms with van der Waals surface area (Å²) >= 11 is 0. The molecule has 0 unspecified atom stereocenters. The molecule has 4 heterocycles. The first-order chi connectivity index (χ1) is 22.1. The van der Waals surface area contributed by atoms with Crippen molar-refractivity contribution in [2.45, 2.75) is 38.6 Å².